The van der Waals surface area contributed by atoms with E-state index in [2.05, 4.69) is 0 Å². The monoisotopic (exact) mass is 149 g/mol. The van der Waals surface area contributed by atoms with Gasteiger partial charge < -0.3 is 22.3 Å². The second-order valence-corrected chi connectivity index (χ2v) is 1.70. The van der Waals surface area contributed by atoms with Gasteiger partial charge in [0.05, 0.1) is 0 Å². The van der Waals surface area contributed by atoms with Crippen molar-refractivity contribution < 1.29 is 9.90 Å². The van der Waals surface area contributed by atoms with Crippen LogP contribution in [0.5, 0.6) is 0 Å². The lowest BCUT2D eigenvalue weighted by atomic mass is 10.4. The summed E-state index contributed by atoms with van der Waals surface area (Å²) >= 11 is 0. The topological polar surface area (TPSA) is 115 Å². The molecule has 5 heteroatoms. The van der Waals surface area contributed by atoms with Crippen molar-refractivity contribution in [3.63, 3.8) is 0 Å². The first-order chi connectivity index (χ1) is 4.56. The third-order valence-electron chi connectivity index (χ3n) is 0.556. The Balaban J connectivity index is 0. The molecule has 1 atom stereocenters. The van der Waals surface area contributed by atoms with Crippen molar-refractivity contribution in [2.75, 3.05) is 13.1 Å². The van der Waals surface area contributed by atoms with Crippen LogP contribution in [-0.2, 0) is 4.79 Å². The number of hydrogen-bond donors (Lipinski definition) is 4. The Morgan fingerprint density at radius 1 is 1.50 bits per heavy atom. The quantitative estimate of drug-likeness (QED) is 0.374. The second kappa shape index (κ2) is 8.35. The minimum Gasteiger partial charge on any atom is -0.480 e. The van der Waals surface area contributed by atoms with Crippen LogP contribution in [0.25, 0.3) is 0 Å². The fourth-order valence-electron chi connectivity index (χ4n) is 0. The number of aliphatic carboxylic acids is 1. The normalized spacial score (nSPS) is 11.2. The maximum Gasteiger partial charge on any atom is 0.320 e. The highest BCUT2D eigenvalue weighted by Crippen LogP contribution is 1.68. The van der Waals surface area contributed by atoms with E-state index < -0.39 is 12.0 Å². The van der Waals surface area contributed by atoms with Gasteiger partial charge in [0.1, 0.15) is 6.04 Å². The Bertz CT molecular complexity index is 83.0. The molecular formula is C5H15N3O2. The van der Waals surface area contributed by atoms with Gasteiger partial charge in [-0.2, -0.15) is 0 Å². The minimum absolute atomic E-state index is 0.597. The van der Waals surface area contributed by atoms with Crippen LogP contribution in [0.15, 0.2) is 0 Å². The third kappa shape index (κ3) is 15.7. The lowest BCUT2D eigenvalue weighted by molar-refractivity contribution is -0.138. The molecule has 0 aromatic rings. The molecule has 0 saturated heterocycles. The smallest absolute Gasteiger partial charge is 0.320 e. The van der Waals surface area contributed by atoms with Crippen LogP contribution in [-0.4, -0.2) is 30.2 Å². The molecule has 0 spiro atoms. The summed E-state index contributed by atoms with van der Waals surface area (Å²) in [5.41, 5.74) is 14.6. The fourth-order valence-corrected chi connectivity index (χ4v) is 0. The van der Waals surface area contributed by atoms with Crippen molar-refractivity contribution in [3.05, 3.63) is 0 Å². The van der Waals surface area contributed by atoms with Crippen molar-refractivity contribution >= 4 is 5.97 Å². The summed E-state index contributed by atoms with van der Waals surface area (Å²) < 4.78 is 0. The first-order valence-corrected chi connectivity index (χ1v) is 2.94. The first-order valence-electron chi connectivity index (χ1n) is 2.94. The molecule has 1 unspecified atom stereocenters. The Labute approximate surface area is 60.2 Å². The van der Waals surface area contributed by atoms with Crippen LogP contribution >= 0.6 is 0 Å². The molecule has 0 amide bonds. The number of nitrogens with two attached hydrogens (primary N) is 3. The molecule has 0 aliphatic carbocycles. The zero-order valence-corrected chi connectivity index (χ0v) is 6.08. The molecule has 0 rings (SSSR count). The van der Waals surface area contributed by atoms with Gasteiger partial charge in [-0.05, 0) is 6.92 Å². The van der Waals surface area contributed by atoms with Gasteiger partial charge in [-0.15, -0.1) is 0 Å². The SMILES string of the molecule is CC(N)C(=O)O.NCCN. The van der Waals surface area contributed by atoms with E-state index in [0.717, 1.165) is 0 Å². The second-order valence-electron chi connectivity index (χ2n) is 1.70. The van der Waals surface area contributed by atoms with E-state index in [1.54, 1.807) is 0 Å². The van der Waals surface area contributed by atoms with Crippen molar-refractivity contribution in [1.82, 2.24) is 0 Å². The van der Waals surface area contributed by atoms with E-state index in [1.165, 1.54) is 6.92 Å². The Kier molecular flexibility index (Phi) is 10.1. The summed E-state index contributed by atoms with van der Waals surface area (Å²) in [7, 11) is 0. The van der Waals surface area contributed by atoms with Gasteiger partial charge in [-0.3, -0.25) is 4.79 Å². The molecule has 0 fully saturated rings. The van der Waals surface area contributed by atoms with Gasteiger partial charge in [0, 0.05) is 13.1 Å². The van der Waals surface area contributed by atoms with E-state index in [9.17, 15) is 4.79 Å². The maximum absolute atomic E-state index is 9.57. The Morgan fingerprint density at radius 2 is 1.70 bits per heavy atom. The molecular weight excluding hydrogens is 134 g/mol. The number of hydrogen-bond acceptors (Lipinski definition) is 4. The van der Waals surface area contributed by atoms with Crippen LogP contribution < -0.4 is 17.2 Å². The lowest BCUT2D eigenvalue weighted by Gasteiger charge is -1.90. The average Bonchev–Trinajstić information content (AvgIpc) is 1.89. The van der Waals surface area contributed by atoms with Crippen LogP contribution in [0.4, 0.5) is 0 Å². The molecule has 0 saturated carbocycles. The molecule has 0 aliphatic heterocycles. The zero-order valence-electron chi connectivity index (χ0n) is 6.08. The minimum atomic E-state index is -0.963. The standard InChI is InChI=1S/C3H7NO2.C2H8N2/c1-2(4)3(5)6;3-1-2-4/h2H,4H2,1H3,(H,5,6);1-4H2. The molecule has 0 radical (unpaired) electrons. The maximum atomic E-state index is 9.57. The molecule has 5 nitrogen and oxygen atoms in total. The van der Waals surface area contributed by atoms with Gasteiger partial charge in [-0.1, -0.05) is 0 Å². The van der Waals surface area contributed by atoms with Gasteiger partial charge in [0.2, 0.25) is 0 Å². The summed E-state index contributed by atoms with van der Waals surface area (Å²) in [4.78, 5) is 9.57. The molecule has 62 valence electrons. The van der Waals surface area contributed by atoms with E-state index in [-0.39, 0.29) is 0 Å². The molecule has 0 heterocycles. The molecule has 7 N–H and O–H groups in total. The van der Waals surface area contributed by atoms with Gasteiger partial charge in [0.15, 0.2) is 0 Å². The molecule has 0 aliphatic rings. The van der Waals surface area contributed by atoms with E-state index in [0.29, 0.717) is 13.1 Å². The number of carboxylic acid groups (broad SMARTS) is 1. The Morgan fingerprint density at radius 3 is 1.70 bits per heavy atom. The predicted molar refractivity (Wildman–Crippen MR) is 39.4 cm³/mol. The molecule has 0 bridgehead atoms. The van der Waals surface area contributed by atoms with Crippen LogP contribution in [0.3, 0.4) is 0 Å². The van der Waals surface area contributed by atoms with E-state index in [1.807, 2.05) is 0 Å². The zero-order chi connectivity index (χ0) is 8.57. The van der Waals surface area contributed by atoms with Crippen LogP contribution in [0.2, 0.25) is 0 Å². The van der Waals surface area contributed by atoms with Crippen molar-refractivity contribution in [2.45, 2.75) is 13.0 Å². The summed E-state index contributed by atoms with van der Waals surface area (Å²) in [6.07, 6.45) is 0. The highest BCUT2D eigenvalue weighted by molar-refractivity contribution is 5.72. The van der Waals surface area contributed by atoms with Crippen molar-refractivity contribution in [3.8, 4) is 0 Å². The first kappa shape index (κ1) is 12.1. The lowest BCUT2D eigenvalue weighted by Crippen LogP contribution is -2.25. The number of carboxylic acids is 1. The largest absolute Gasteiger partial charge is 0.480 e. The third-order valence-corrected chi connectivity index (χ3v) is 0.556. The summed E-state index contributed by atoms with van der Waals surface area (Å²) in [5.74, 6) is -0.963. The average molecular weight is 149 g/mol. The van der Waals surface area contributed by atoms with Crippen LogP contribution in [0, 0.1) is 0 Å². The van der Waals surface area contributed by atoms with E-state index in [4.69, 9.17) is 22.3 Å². The van der Waals surface area contributed by atoms with Gasteiger partial charge >= 0.3 is 5.97 Å². The van der Waals surface area contributed by atoms with Crippen molar-refractivity contribution in [2.24, 2.45) is 17.2 Å². The summed E-state index contributed by atoms with van der Waals surface area (Å²) in [6.45, 7) is 2.61. The van der Waals surface area contributed by atoms with Gasteiger partial charge in [-0.25, -0.2) is 0 Å². The molecule has 10 heavy (non-hydrogen) atoms. The summed E-state index contributed by atoms with van der Waals surface area (Å²) in [5, 5.41) is 7.87. The van der Waals surface area contributed by atoms with Crippen molar-refractivity contribution in [1.29, 1.82) is 0 Å². The highest BCUT2D eigenvalue weighted by Gasteiger charge is 1.99. The Hall–Kier alpha value is -0.650. The number of carbonyl (C=O) groups is 1. The number of rotatable bonds is 2. The molecule has 0 aromatic carbocycles. The van der Waals surface area contributed by atoms with E-state index >= 15 is 0 Å². The fraction of sp³-hybridized carbons (Fsp3) is 0.800. The molecule has 0 aromatic heterocycles. The van der Waals surface area contributed by atoms with Crippen LogP contribution in [0.1, 0.15) is 6.92 Å². The predicted octanol–water partition coefficient (Wildman–Crippen LogP) is -1.68. The van der Waals surface area contributed by atoms with Gasteiger partial charge in [0.25, 0.3) is 0 Å². The summed E-state index contributed by atoms with van der Waals surface area (Å²) in [6, 6.07) is -0.731. The highest BCUT2D eigenvalue weighted by atomic mass is 16.4.